The number of pyridine rings is 2. The quantitative estimate of drug-likeness (QED) is 0.497. The van der Waals surface area contributed by atoms with Crippen molar-refractivity contribution < 1.29 is 4.79 Å². The second kappa shape index (κ2) is 9.61. The summed E-state index contributed by atoms with van der Waals surface area (Å²) in [5.74, 6) is 0.554. The van der Waals surface area contributed by atoms with E-state index in [1.807, 2.05) is 55.5 Å². The van der Waals surface area contributed by atoms with Crippen LogP contribution in [0, 0.1) is 12.8 Å². The highest BCUT2D eigenvalue weighted by Gasteiger charge is 2.33. The summed E-state index contributed by atoms with van der Waals surface area (Å²) in [6.45, 7) is 5.08. The molecule has 160 valence electrons. The molecule has 3 heterocycles. The van der Waals surface area contributed by atoms with E-state index in [1.54, 1.807) is 12.4 Å². The number of likely N-dealkylation sites (tertiary alicyclic amines) is 1. The number of aromatic nitrogens is 2. The molecule has 4 rings (SSSR count). The lowest BCUT2D eigenvalue weighted by Gasteiger charge is -2.40. The van der Waals surface area contributed by atoms with E-state index in [9.17, 15) is 4.79 Å². The Labute approximate surface area is 189 Å². The van der Waals surface area contributed by atoms with Crippen LogP contribution in [0.25, 0.3) is 11.3 Å². The van der Waals surface area contributed by atoms with E-state index in [1.165, 1.54) is 0 Å². The van der Waals surface area contributed by atoms with E-state index >= 15 is 0 Å². The average Bonchev–Trinajstić information content (AvgIpc) is 2.79. The van der Waals surface area contributed by atoms with E-state index in [0.29, 0.717) is 10.9 Å². The first-order valence-corrected chi connectivity index (χ1v) is 11.3. The largest absolute Gasteiger partial charge is 0.335 e. The lowest BCUT2D eigenvalue weighted by atomic mass is 9.86. The van der Waals surface area contributed by atoms with Crippen LogP contribution in [0.2, 0.25) is 5.02 Å². The van der Waals surface area contributed by atoms with Gasteiger partial charge in [0.25, 0.3) is 5.91 Å². The second-order valence-corrected chi connectivity index (χ2v) is 8.89. The predicted octanol–water partition coefficient (Wildman–Crippen LogP) is 5.98. The van der Waals surface area contributed by atoms with Gasteiger partial charge in [-0.15, -0.1) is 0 Å². The van der Waals surface area contributed by atoms with Crippen molar-refractivity contribution in [2.45, 2.75) is 45.6 Å². The smallest absolute Gasteiger partial charge is 0.254 e. The molecule has 4 nitrogen and oxygen atoms in total. The summed E-state index contributed by atoms with van der Waals surface area (Å²) in [5.41, 5.74) is 4.56. The third kappa shape index (κ3) is 4.96. The van der Waals surface area contributed by atoms with Crippen molar-refractivity contribution in [1.82, 2.24) is 14.9 Å². The van der Waals surface area contributed by atoms with Crippen LogP contribution >= 0.6 is 11.6 Å². The molecular formula is C26H28ClN3O. The molecule has 1 fully saturated rings. The van der Waals surface area contributed by atoms with Crippen LogP contribution in [0.5, 0.6) is 0 Å². The van der Waals surface area contributed by atoms with Gasteiger partial charge in [-0.1, -0.05) is 42.3 Å². The van der Waals surface area contributed by atoms with E-state index in [0.717, 1.165) is 60.3 Å². The van der Waals surface area contributed by atoms with Gasteiger partial charge in [-0.3, -0.25) is 14.8 Å². The number of rotatable bonds is 5. The molecule has 1 aromatic carbocycles. The maximum atomic E-state index is 13.8. The minimum absolute atomic E-state index is 0.102. The molecule has 0 spiro atoms. The third-order valence-corrected chi connectivity index (χ3v) is 6.43. The normalized spacial score (nSPS) is 18.7. The van der Waals surface area contributed by atoms with Gasteiger partial charge in [-0.2, -0.15) is 0 Å². The van der Waals surface area contributed by atoms with Crippen LogP contribution < -0.4 is 0 Å². The average molecular weight is 434 g/mol. The number of carbonyl (C=O) groups excluding carboxylic acids is 1. The molecule has 3 aromatic rings. The highest BCUT2D eigenvalue weighted by atomic mass is 35.5. The molecule has 0 radical (unpaired) electrons. The standard InChI is InChI=1S/C26H28ClN3O/c1-18-8-12-22(24-7-3-4-14-28-24)23(16-18)26(31)30-15-5-6-19(2)25(30)13-11-21-10-9-20(27)17-29-21/h3-4,7-10,12,14,16-17,19,25H,5-6,11,13,15H2,1-2H3/t19-,25?/m1/s1. The van der Waals surface area contributed by atoms with E-state index < -0.39 is 0 Å². The predicted molar refractivity (Wildman–Crippen MR) is 125 cm³/mol. The van der Waals surface area contributed by atoms with Gasteiger partial charge < -0.3 is 4.90 Å². The molecule has 2 aromatic heterocycles. The Hall–Kier alpha value is -2.72. The Morgan fingerprint density at radius 2 is 2.03 bits per heavy atom. The minimum Gasteiger partial charge on any atom is -0.335 e. The summed E-state index contributed by atoms with van der Waals surface area (Å²) < 4.78 is 0. The Morgan fingerprint density at radius 1 is 1.16 bits per heavy atom. The maximum Gasteiger partial charge on any atom is 0.254 e. The molecule has 1 aliphatic rings. The van der Waals surface area contributed by atoms with Crippen LogP contribution in [0.3, 0.4) is 0 Å². The molecule has 1 saturated heterocycles. The number of carbonyl (C=O) groups is 1. The summed E-state index contributed by atoms with van der Waals surface area (Å²) in [6, 6.07) is 15.9. The van der Waals surface area contributed by atoms with Crippen molar-refractivity contribution in [3.63, 3.8) is 0 Å². The van der Waals surface area contributed by atoms with Crippen LogP contribution in [-0.2, 0) is 6.42 Å². The molecular weight excluding hydrogens is 406 g/mol. The Kier molecular flexibility index (Phi) is 6.67. The number of benzene rings is 1. The highest BCUT2D eigenvalue weighted by Crippen LogP contribution is 2.31. The number of hydrogen-bond donors (Lipinski definition) is 0. The van der Waals surface area contributed by atoms with Gasteiger partial charge in [0.15, 0.2) is 0 Å². The maximum absolute atomic E-state index is 13.8. The van der Waals surface area contributed by atoms with Crippen molar-refractivity contribution in [3.8, 4) is 11.3 Å². The fourth-order valence-electron chi connectivity index (χ4n) is 4.53. The fraction of sp³-hybridized carbons (Fsp3) is 0.346. The number of halogens is 1. The second-order valence-electron chi connectivity index (χ2n) is 8.46. The zero-order valence-electron chi connectivity index (χ0n) is 18.1. The minimum atomic E-state index is 0.102. The molecule has 5 heteroatoms. The summed E-state index contributed by atoms with van der Waals surface area (Å²) in [7, 11) is 0. The van der Waals surface area contributed by atoms with Crippen LogP contribution in [0.4, 0.5) is 0 Å². The molecule has 1 aliphatic heterocycles. The van der Waals surface area contributed by atoms with Crippen molar-refractivity contribution in [2.75, 3.05) is 6.54 Å². The summed E-state index contributed by atoms with van der Waals surface area (Å²) in [5, 5.41) is 0.646. The molecule has 1 amide bonds. The van der Waals surface area contributed by atoms with Crippen molar-refractivity contribution in [3.05, 3.63) is 82.8 Å². The summed E-state index contributed by atoms with van der Waals surface area (Å²) in [4.78, 5) is 24.8. The number of hydrogen-bond acceptors (Lipinski definition) is 3. The molecule has 1 unspecified atom stereocenters. The first-order valence-electron chi connectivity index (χ1n) is 11.0. The summed E-state index contributed by atoms with van der Waals surface area (Å²) >= 11 is 5.97. The van der Waals surface area contributed by atoms with Crippen molar-refractivity contribution >= 4 is 17.5 Å². The number of piperidine rings is 1. The SMILES string of the molecule is Cc1ccc(-c2ccccn2)c(C(=O)N2CCC[C@@H](C)C2CCc2ccc(Cl)cn2)c1. The molecule has 0 saturated carbocycles. The Bertz CT molecular complexity index is 1040. The van der Waals surface area contributed by atoms with Gasteiger partial charge in [0.1, 0.15) is 0 Å². The van der Waals surface area contributed by atoms with Gasteiger partial charge in [0.05, 0.1) is 10.7 Å². The molecule has 0 bridgehead atoms. The molecule has 0 aliphatic carbocycles. The molecule has 0 N–H and O–H groups in total. The zero-order valence-corrected chi connectivity index (χ0v) is 18.8. The number of nitrogens with zero attached hydrogens (tertiary/aromatic N) is 3. The van der Waals surface area contributed by atoms with Gasteiger partial charge in [-0.25, -0.2) is 0 Å². The van der Waals surface area contributed by atoms with E-state index in [-0.39, 0.29) is 11.9 Å². The van der Waals surface area contributed by atoms with Crippen molar-refractivity contribution in [1.29, 1.82) is 0 Å². The van der Waals surface area contributed by atoms with Crippen molar-refractivity contribution in [2.24, 2.45) is 5.92 Å². The van der Waals surface area contributed by atoms with Gasteiger partial charge in [0.2, 0.25) is 0 Å². The molecule has 31 heavy (non-hydrogen) atoms. The first kappa shape index (κ1) is 21.5. The monoisotopic (exact) mass is 433 g/mol. The lowest BCUT2D eigenvalue weighted by Crippen LogP contribution is -2.48. The fourth-order valence-corrected chi connectivity index (χ4v) is 4.64. The summed E-state index contributed by atoms with van der Waals surface area (Å²) in [6.07, 6.45) is 7.37. The zero-order chi connectivity index (χ0) is 21.8. The Balaban J connectivity index is 1.61. The van der Waals surface area contributed by atoms with Crippen LogP contribution in [0.15, 0.2) is 60.9 Å². The lowest BCUT2D eigenvalue weighted by molar-refractivity contribution is 0.0499. The third-order valence-electron chi connectivity index (χ3n) is 6.21. The van der Waals surface area contributed by atoms with Crippen LogP contribution in [0.1, 0.15) is 47.8 Å². The van der Waals surface area contributed by atoms with E-state index in [2.05, 4.69) is 21.8 Å². The van der Waals surface area contributed by atoms with Gasteiger partial charge in [0, 0.05) is 41.8 Å². The number of amides is 1. The van der Waals surface area contributed by atoms with Crippen LogP contribution in [-0.4, -0.2) is 33.4 Å². The number of aryl methyl sites for hydroxylation is 2. The van der Waals surface area contributed by atoms with E-state index in [4.69, 9.17) is 11.6 Å². The van der Waals surface area contributed by atoms with Gasteiger partial charge in [-0.05, 0) is 68.9 Å². The topological polar surface area (TPSA) is 46.1 Å². The first-order chi connectivity index (χ1) is 15.0. The highest BCUT2D eigenvalue weighted by molar-refractivity contribution is 6.30. The molecule has 2 atom stereocenters. The Morgan fingerprint density at radius 3 is 2.77 bits per heavy atom. The van der Waals surface area contributed by atoms with Gasteiger partial charge >= 0.3 is 0 Å².